The van der Waals surface area contributed by atoms with Gasteiger partial charge in [0.25, 0.3) is 5.91 Å². The van der Waals surface area contributed by atoms with Crippen LogP contribution < -0.4 is 20.8 Å². The number of hydrogen-bond acceptors (Lipinski definition) is 5. The molecule has 0 heterocycles. The Bertz CT molecular complexity index is 1280. The van der Waals surface area contributed by atoms with Gasteiger partial charge in [0.05, 0.1) is 11.9 Å². The highest BCUT2D eigenvalue weighted by molar-refractivity contribution is 9.10. The maximum Gasteiger partial charge on any atom is 0.329 e. The molecule has 0 saturated carbocycles. The SMILES string of the molecule is Cc1cc(C)cc(NC(=O)COc2ccc(Br)cc2/C=N\NC(=O)C(=O)Nc2ccccc2F)c1. The summed E-state index contributed by atoms with van der Waals surface area (Å²) in [6.07, 6.45) is 1.26. The number of para-hydroxylation sites is 1. The lowest BCUT2D eigenvalue weighted by Crippen LogP contribution is -2.32. The molecule has 3 aromatic carbocycles. The molecule has 3 aromatic rings. The van der Waals surface area contributed by atoms with Crippen molar-refractivity contribution in [1.29, 1.82) is 0 Å². The molecule has 0 spiro atoms. The summed E-state index contributed by atoms with van der Waals surface area (Å²) in [5.41, 5.74) is 5.10. The first-order chi connectivity index (χ1) is 16.7. The minimum Gasteiger partial charge on any atom is -0.483 e. The Labute approximate surface area is 209 Å². The number of hydrogen-bond donors (Lipinski definition) is 3. The zero-order valence-electron chi connectivity index (χ0n) is 18.9. The van der Waals surface area contributed by atoms with E-state index >= 15 is 0 Å². The highest BCUT2D eigenvalue weighted by Crippen LogP contribution is 2.22. The molecule has 3 amide bonds. The maximum atomic E-state index is 13.6. The predicted octanol–water partition coefficient (Wildman–Crippen LogP) is 4.31. The minimum absolute atomic E-state index is 0.126. The first-order valence-electron chi connectivity index (χ1n) is 10.4. The highest BCUT2D eigenvalue weighted by atomic mass is 79.9. The van der Waals surface area contributed by atoms with Crippen molar-refractivity contribution >= 4 is 51.2 Å². The fourth-order valence-corrected chi connectivity index (χ4v) is 3.47. The van der Waals surface area contributed by atoms with E-state index < -0.39 is 17.6 Å². The van der Waals surface area contributed by atoms with Crippen molar-refractivity contribution in [2.75, 3.05) is 17.2 Å². The van der Waals surface area contributed by atoms with Gasteiger partial charge < -0.3 is 15.4 Å². The molecule has 0 unspecified atom stereocenters. The largest absolute Gasteiger partial charge is 0.483 e. The Balaban J connectivity index is 1.59. The van der Waals surface area contributed by atoms with E-state index in [0.717, 1.165) is 17.2 Å². The van der Waals surface area contributed by atoms with Crippen molar-refractivity contribution in [2.45, 2.75) is 13.8 Å². The van der Waals surface area contributed by atoms with E-state index in [2.05, 4.69) is 37.1 Å². The average Bonchev–Trinajstić information content (AvgIpc) is 2.79. The van der Waals surface area contributed by atoms with Crippen molar-refractivity contribution in [1.82, 2.24) is 5.43 Å². The molecule has 0 atom stereocenters. The molecule has 0 aliphatic carbocycles. The molecule has 0 radical (unpaired) electrons. The van der Waals surface area contributed by atoms with Gasteiger partial charge in [-0.25, -0.2) is 9.82 Å². The van der Waals surface area contributed by atoms with Crippen molar-refractivity contribution in [3.8, 4) is 5.75 Å². The molecule has 0 aliphatic heterocycles. The molecule has 0 bridgehead atoms. The number of carbonyl (C=O) groups is 3. The molecular formula is C25H22BrFN4O4. The van der Waals surface area contributed by atoms with E-state index in [1.165, 1.54) is 24.4 Å². The van der Waals surface area contributed by atoms with Crippen LogP contribution in [0.3, 0.4) is 0 Å². The van der Waals surface area contributed by atoms with E-state index in [-0.39, 0.29) is 18.2 Å². The van der Waals surface area contributed by atoms with Crippen LogP contribution in [-0.4, -0.2) is 30.5 Å². The van der Waals surface area contributed by atoms with E-state index in [1.807, 2.05) is 32.0 Å². The molecule has 3 rings (SSSR count). The Morgan fingerprint density at radius 3 is 2.40 bits per heavy atom. The summed E-state index contributed by atoms with van der Waals surface area (Å²) in [4.78, 5) is 36.3. The van der Waals surface area contributed by atoms with E-state index in [1.54, 1.807) is 18.2 Å². The molecule has 0 fully saturated rings. The molecular weight excluding hydrogens is 519 g/mol. The summed E-state index contributed by atoms with van der Waals surface area (Å²) in [5.74, 6) is -2.86. The highest BCUT2D eigenvalue weighted by Gasteiger charge is 2.15. The molecule has 0 aliphatic rings. The van der Waals surface area contributed by atoms with E-state index in [4.69, 9.17) is 4.74 Å². The third-order valence-corrected chi connectivity index (χ3v) is 5.03. The molecule has 0 saturated heterocycles. The van der Waals surface area contributed by atoms with Crippen LogP contribution in [0.15, 0.2) is 70.2 Å². The number of amides is 3. The lowest BCUT2D eigenvalue weighted by atomic mass is 10.1. The first-order valence-corrected chi connectivity index (χ1v) is 11.2. The van der Waals surface area contributed by atoms with Crippen LogP contribution in [0, 0.1) is 19.7 Å². The second kappa shape index (κ2) is 11.9. The van der Waals surface area contributed by atoms with Gasteiger partial charge in [-0.15, -0.1) is 0 Å². The van der Waals surface area contributed by atoms with Gasteiger partial charge in [-0.2, -0.15) is 5.10 Å². The van der Waals surface area contributed by atoms with E-state index in [0.29, 0.717) is 21.5 Å². The zero-order chi connectivity index (χ0) is 25.4. The number of aryl methyl sites for hydroxylation is 2. The lowest BCUT2D eigenvalue weighted by molar-refractivity contribution is -0.136. The van der Waals surface area contributed by atoms with Gasteiger partial charge in [0.15, 0.2) is 6.61 Å². The minimum atomic E-state index is -1.09. The van der Waals surface area contributed by atoms with Gasteiger partial charge in [0.2, 0.25) is 0 Å². The van der Waals surface area contributed by atoms with Crippen molar-refractivity contribution in [2.24, 2.45) is 5.10 Å². The molecule has 3 N–H and O–H groups in total. The summed E-state index contributed by atoms with van der Waals surface area (Å²) >= 11 is 3.34. The van der Waals surface area contributed by atoms with Crippen molar-refractivity contribution in [3.05, 3.63) is 87.6 Å². The predicted molar refractivity (Wildman–Crippen MR) is 135 cm³/mol. The van der Waals surface area contributed by atoms with E-state index in [9.17, 15) is 18.8 Å². The summed E-state index contributed by atoms with van der Waals surface area (Å²) in [7, 11) is 0. The first kappa shape index (κ1) is 25.6. The van der Waals surface area contributed by atoms with Crippen LogP contribution in [0.5, 0.6) is 5.75 Å². The number of nitrogens with zero attached hydrogens (tertiary/aromatic N) is 1. The average molecular weight is 541 g/mol. The zero-order valence-corrected chi connectivity index (χ0v) is 20.5. The van der Waals surface area contributed by atoms with Gasteiger partial charge >= 0.3 is 11.8 Å². The number of anilines is 2. The quantitative estimate of drug-likeness (QED) is 0.235. The van der Waals surface area contributed by atoms with Crippen LogP contribution in [-0.2, 0) is 14.4 Å². The Morgan fingerprint density at radius 1 is 0.971 bits per heavy atom. The number of carbonyl (C=O) groups excluding carboxylic acids is 3. The topological polar surface area (TPSA) is 109 Å². The Hall–Kier alpha value is -4.05. The maximum absolute atomic E-state index is 13.6. The number of hydrazone groups is 1. The van der Waals surface area contributed by atoms with Crippen LogP contribution in [0.4, 0.5) is 15.8 Å². The normalized spacial score (nSPS) is 10.6. The summed E-state index contributed by atoms with van der Waals surface area (Å²) in [6.45, 7) is 3.62. The van der Waals surface area contributed by atoms with Gasteiger partial charge in [-0.05, 0) is 67.4 Å². The number of nitrogens with one attached hydrogen (secondary N) is 3. The van der Waals surface area contributed by atoms with Gasteiger partial charge in [0, 0.05) is 15.7 Å². The Kier molecular flexibility index (Phi) is 8.69. The van der Waals surface area contributed by atoms with Gasteiger partial charge in [-0.3, -0.25) is 14.4 Å². The summed E-state index contributed by atoms with van der Waals surface area (Å²) < 4.78 is 20.0. The number of benzene rings is 3. The van der Waals surface area contributed by atoms with Gasteiger partial charge in [0.1, 0.15) is 11.6 Å². The molecule has 8 nitrogen and oxygen atoms in total. The van der Waals surface area contributed by atoms with Crippen molar-refractivity contribution in [3.63, 3.8) is 0 Å². The lowest BCUT2D eigenvalue weighted by Gasteiger charge is -2.11. The number of halogens is 2. The second-order valence-electron chi connectivity index (χ2n) is 7.53. The standard InChI is InChI=1S/C25H22BrFN4O4/c1-15-9-16(2)11-19(10-15)29-23(32)14-35-22-8-7-18(26)12-17(22)13-28-31-25(34)24(33)30-21-6-4-3-5-20(21)27/h3-13H,14H2,1-2H3,(H,29,32)(H,30,33)(H,31,34)/b28-13-. The number of rotatable bonds is 7. The third-order valence-electron chi connectivity index (χ3n) is 4.53. The molecule has 0 aromatic heterocycles. The molecule has 180 valence electrons. The van der Waals surface area contributed by atoms with Crippen LogP contribution in [0.2, 0.25) is 0 Å². The van der Waals surface area contributed by atoms with Crippen LogP contribution >= 0.6 is 15.9 Å². The van der Waals surface area contributed by atoms with Crippen molar-refractivity contribution < 1.29 is 23.5 Å². The second-order valence-corrected chi connectivity index (χ2v) is 8.44. The smallest absolute Gasteiger partial charge is 0.329 e. The van der Waals surface area contributed by atoms with Gasteiger partial charge in [-0.1, -0.05) is 34.1 Å². The molecule has 10 heteroatoms. The van der Waals surface area contributed by atoms with Crippen LogP contribution in [0.25, 0.3) is 0 Å². The monoisotopic (exact) mass is 540 g/mol. The molecule has 35 heavy (non-hydrogen) atoms. The van der Waals surface area contributed by atoms with Crippen LogP contribution in [0.1, 0.15) is 16.7 Å². The fourth-order valence-electron chi connectivity index (χ4n) is 3.09. The fraction of sp³-hybridized carbons (Fsp3) is 0.120. The number of ether oxygens (including phenoxy) is 1. The summed E-state index contributed by atoms with van der Waals surface area (Å²) in [5, 5.41) is 8.71. The summed E-state index contributed by atoms with van der Waals surface area (Å²) in [6, 6.07) is 16.2. The third kappa shape index (κ3) is 7.75. The Morgan fingerprint density at radius 2 is 1.69 bits per heavy atom.